The van der Waals surface area contributed by atoms with E-state index in [1.807, 2.05) is 30.6 Å². The van der Waals surface area contributed by atoms with Crippen LogP contribution in [-0.4, -0.2) is 26.6 Å². The number of anilines is 1. The number of hydrogen-bond acceptors (Lipinski definition) is 4. The maximum Gasteiger partial charge on any atom is 0.257 e. The average molecular weight is 279 g/mol. The van der Waals surface area contributed by atoms with Gasteiger partial charge < -0.3 is 10.1 Å². The number of rotatable bonds is 5. The van der Waals surface area contributed by atoms with E-state index in [0.29, 0.717) is 11.6 Å². The second-order valence-corrected chi connectivity index (χ2v) is 5.46. The lowest BCUT2D eigenvalue weighted by Gasteiger charge is -2.20. The van der Waals surface area contributed by atoms with Crippen LogP contribution in [0.4, 0.5) is 5.13 Å². The van der Waals surface area contributed by atoms with Gasteiger partial charge in [0.25, 0.3) is 5.91 Å². The number of aliphatic hydroxyl groups is 1. The Morgan fingerprint density at radius 3 is 3.05 bits per heavy atom. The summed E-state index contributed by atoms with van der Waals surface area (Å²) >= 11 is 1.34. The highest BCUT2D eigenvalue weighted by Gasteiger charge is 2.29. The first-order chi connectivity index (χ1) is 9.03. The second kappa shape index (κ2) is 5.54. The van der Waals surface area contributed by atoms with Crippen molar-refractivity contribution in [2.45, 2.75) is 32.3 Å². The summed E-state index contributed by atoms with van der Waals surface area (Å²) in [6, 6.07) is 3.80. The average Bonchev–Trinajstić information content (AvgIpc) is 2.97. The molecule has 0 radical (unpaired) electrons. The van der Waals surface area contributed by atoms with Gasteiger partial charge in [-0.3, -0.25) is 10.1 Å². The fraction of sp³-hybridized carbons (Fsp3) is 0.385. The monoisotopic (exact) mass is 279 g/mol. The molecule has 0 fully saturated rings. The highest BCUT2D eigenvalue weighted by atomic mass is 32.1. The lowest BCUT2D eigenvalue weighted by atomic mass is 10.00. The van der Waals surface area contributed by atoms with Crippen LogP contribution in [0.5, 0.6) is 0 Å². The first-order valence-corrected chi connectivity index (χ1v) is 7.04. The summed E-state index contributed by atoms with van der Waals surface area (Å²) in [6.07, 6.45) is 2.98. The van der Waals surface area contributed by atoms with Crippen LogP contribution >= 0.6 is 11.3 Å². The minimum Gasteiger partial charge on any atom is -0.380 e. The van der Waals surface area contributed by atoms with Gasteiger partial charge in [0.05, 0.1) is 11.4 Å². The summed E-state index contributed by atoms with van der Waals surface area (Å²) in [5.74, 6) is -0.415. The molecule has 3 N–H and O–H groups in total. The van der Waals surface area contributed by atoms with E-state index < -0.39 is 11.5 Å². The summed E-state index contributed by atoms with van der Waals surface area (Å²) in [6.45, 7) is 3.44. The molecule has 0 aliphatic heterocycles. The Labute approximate surface area is 115 Å². The fourth-order valence-corrected chi connectivity index (χ4v) is 2.48. The molecule has 0 aliphatic carbocycles. The Hall–Kier alpha value is -1.66. The smallest absolute Gasteiger partial charge is 0.257 e. The van der Waals surface area contributed by atoms with Crippen molar-refractivity contribution in [1.29, 1.82) is 0 Å². The number of amides is 1. The summed E-state index contributed by atoms with van der Waals surface area (Å²) in [5, 5.41) is 15.0. The first kappa shape index (κ1) is 13.8. The van der Waals surface area contributed by atoms with Crippen molar-refractivity contribution in [2.75, 3.05) is 5.32 Å². The van der Waals surface area contributed by atoms with Gasteiger partial charge in [0.1, 0.15) is 5.60 Å². The molecule has 2 aromatic heterocycles. The predicted molar refractivity (Wildman–Crippen MR) is 76.1 cm³/mol. The number of aromatic nitrogens is 2. The van der Waals surface area contributed by atoms with Gasteiger partial charge in [-0.1, -0.05) is 13.3 Å². The number of hydrogen-bond donors (Lipinski definition) is 3. The van der Waals surface area contributed by atoms with Gasteiger partial charge in [-0.15, -0.1) is 11.3 Å². The Balaban J connectivity index is 2.06. The second-order valence-electron chi connectivity index (χ2n) is 4.60. The molecule has 1 amide bonds. The van der Waals surface area contributed by atoms with E-state index in [1.165, 1.54) is 18.3 Å². The van der Waals surface area contributed by atoms with E-state index in [4.69, 9.17) is 0 Å². The van der Waals surface area contributed by atoms with E-state index in [0.717, 1.165) is 17.8 Å². The zero-order valence-electron chi connectivity index (χ0n) is 10.9. The summed E-state index contributed by atoms with van der Waals surface area (Å²) < 4.78 is 0. The van der Waals surface area contributed by atoms with Crippen LogP contribution in [0.3, 0.4) is 0 Å². The highest BCUT2D eigenvalue weighted by molar-refractivity contribution is 7.14. The van der Waals surface area contributed by atoms with Gasteiger partial charge in [0.2, 0.25) is 0 Å². The number of carbonyl (C=O) groups is 1. The summed E-state index contributed by atoms with van der Waals surface area (Å²) in [5.41, 5.74) is 0.324. The Kier molecular flexibility index (Phi) is 4.01. The van der Waals surface area contributed by atoms with Crippen LogP contribution in [0.1, 0.15) is 26.7 Å². The molecule has 19 heavy (non-hydrogen) atoms. The molecule has 0 aliphatic rings. The molecule has 2 heterocycles. The van der Waals surface area contributed by atoms with Crippen molar-refractivity contribution in [3.8, 4) is 11.4 Å². The molecule has 5 nitrogen and oxygen atoms in total. The SMILES string of the molecule is CCCC(C)(O)C(=O)Nc1nc(-c2ccc[nH]2)cs1. The number of carbonyl (C=O) groups excluding carboxylic acids is 1. The molecular weight excluding hydrogens is 262 g/mol. The molecule has 0 spiro atoms. The van der Waals surface area contributed by atoms with E-state index in [1.54, 1.807) is 0 Å². The molecule has 6 heteroatoms. The Morgan fingerprint density at radius 1 is 1.63 bits per heavy atom. The van der Waals surface area contributed by atoms with Gasteiger partial charge in [0, 0.05) is 11.6 Å². The zero-order valence-corrected chi connectivity index (χ0v) is 11.8. The van der Waals surface area contributed by atoms with Gasteiger partial charge in [-0.25, -0.2) is 4.98 Å². The maximum atomic E-state index is 11.9. The summed E-state index contributed by atoms with van der Waals surface area (Å²) in [4.78, 5) is 19.3. The number of nitrogens with one attached hydrogen (secondary N) is 2. The van der Waals surface area contributed by atoms with E-state index in [-0.39, 0.29) is 0 Å². The molecule has 2 rings (SSSR count). The van der Waals surface area contributed by atoms with Gasteiger partial charge in [0.15, 0.2) is 5.13 Å². The van der Waals surface area contributed by atoms with Crippen molar-refractivity contribution in [2.24, 2.45) is 0 Å². The van der Waals surface area contributed by atoms with Gasteiger partial charge in [-0.2, -0.15) is 0 Å². The van der Waals surface area contributed by atoms with Crippen LogP contribution < -0.4 is 5.32 Å². The molecule has 0 saturated carbocycles. The molecule has 1 atom stereocenters. The van der Waals surface area contributed by atoms with Crippen molar-refractivity contribution in [3.05, 3.63) is 23.7 Å². The normalized spacial score (nSPS) is 14.1. The minimum atomic E-state index is -1.35. The van der Waals surface area contributed by atoms with Crippen LogP contribution in [0.15, 0.2) is 23.7 Å². The standard InChI is InChI=1S/C13H17N3O2S/c1-3-6-13(2,18)11(17)16-12-15-10(8-19-12)9-5-4-7-14-9/h4-5,7-8,14,18H,3,6H2,1-2H3,(H,15,16,17). The molecule has 0 saturated heterocycles. The molecular formula is C13H17N3O2S. The molecule has 2 aromatic rings. The van der Waals surface area contributed by atoms with Crippen molar-refractivity contribution in [3.63, 3.8) is 0 Å². The maximum absolute atomic E-state index is 11.9. The topological polar surface area (TPSA) is 78.0 Å². The third-order valence-corrected chi connectivity index (χ3v) is 3.58. The van der Waals surface area contributed by atoms with Gasteiger partial charge in [-0.05, 0) is 25.5 Å². The third-order valence-electron chi connectivity index (χ3n) is 2.82. The number of nitrogens with zero attached hydrogens (tertiary/aromatic N) is 1. The molecule has 1 unspecified atom stereocenters. The van der Waals surface area contributed by atoms with Crippen molar-refractivity contribution < 1.29 is 9.90 Å². The lowest BCUT2D eigenvalue weighted by Crippen LogP contribution is -2.39. The van der Waals surface area contributed by atoms with E-state index in [9.17, 15) is 9.90 Å². The number of aromatic amines is 1. The zero-order chi connectivity index (χ0) is 13.9. The third kappa shape index (κ3) is 3.21. The van der Waals surface area contributed by atoms with Crippen LogP contribution in [0.2, 0.25) is 0 Å². The largest absolute Gasteiger partial charge is 0.380 e. The van der Waals surface area contributed by atoms with Crippen LogP contribution in [-0.2, 0) is 4.79 Å². The summed E-state index contributed by atoms with van der Waals surface area (Å²) in [7, 11) is 0. The number of H-pyrrole nitrogens is 1. The number of thiazole rings is 1. The van der Waals surface area contributed by atoms with Crippen molar-refractivity contribution in [1.82, 2.24) is 9.97 Å². The fourth-order valence-electron chi connectivity index (χ4n) is 1.78. The van der Waals surface area contributed by atoms with Crippen LogP contribution in [0, 0.1) is 0 Å². The van der Waals surface area contributed by atoms with E-state index >= 15 is 0 Å². The minimum absolute atomic E-state index is 0.415. The lowest BCUT2D eigenvalue weighted by molar-refractivity contribution is -0.133. The first-order valence-electron chi connectivity index (χ1n) is 6.16. The Bertz CT molecular complexity index is 546. The quantitative estimate of drug-likeness (QED) is 0.787. The molecule has 102 valence electrons. The highest BCUT2D eigenvalue weighted by Crippen LogP contribution is 2.24. The van der Waals surface area contributed by atoms with E-state index in [2.05, 4.69) is 15.3 Å². The van der Waals surface area contributed by atoms with Crippen molar-refractivity contribution >= 4 is 22.4 Å². The molecule has 0 aromatic carbocycles. The Morgan fingerprint density at radius 2 is 2.42 bits per heavy atom. The van der Waals surface area contributed by atoms with Gasteiger partial charge >= 0.3 is 0 Å². The molecule has 0 bridgehead atoms. The van der Waals surface area contributed by atoms with Crippen LogP contribution in [0.25, 0.3) is 11.4 Å². The predicted octanol–water partition coefficient (Wildman–Crippen LogP) is 2.63.